The summed E-state index contributed by atoms with van der Waals surface area (Å²) in [6, 6.07) is 17.7. The number of ether oxygens (including phenoxy) is 1. The van der Waals surface area contributed by atoms with Gasteiger partial charge in [0, 0.05) is 5.69 Å². The molecule has 0 aliphatic rings. The molecule has 0 heterocycles. The van der Waals surface area contributed by atoms with Gasteiger partial charge in [-0.2, -0.15) is 0 Å². The molecular weight excluding hydrogens is 526 g/mol. The second kappa shape index (κ2) is 11.0. The monoisotopic (exact) mass is 559 g/mol. The van der Waals surface area contributed by atoms with Crippen molar-refractivity contribution >= 4 is 43.0 Å². The van der Waals surface area contributed by atoms with Crippen molar-refractivity contribution < 1.29 is 26.4 Å². The molecule has 2 N–H and O–H groups in total. The Morgan fingerprint density at radius 2 is 1.53 bits per heavy atom. The van der Waals surface area contributed by atoms with Crippen LogP contribution in [0.5, 0.6) is 5.75 Å². The van der Waals surface area contributed by atoms with Crippen LogP contribution in [-0.2, 0) is 30.3 Å². The number of benzene rings is 3. The summed E-state index contributed by atoms with van der Waals surface area (Å²) < 4.78 is 59.4. The van der Waals surface area contributed by atoms with Crippen LogP contribution in [-0.4, -0.2) is 42.7 Å². The Morgan fingerprint density at radius 3 is 2.05 bits per heavy atom. The van der Waals surface area contributed by atoms with Gasteiger partial charge in [-0.15, -0.1) is 0 Å². The first-order chi connectivity index (χ1) is 17.6. The molecule has 204 valence electrons. The molecule has 3 rings (SSSR count). The maximum atomic E-state index is 12.9. The van der Waals surface area contributed by atoms with E-state index in [4.69, 9.17) is 4.74 Å². The van der Waals surface area contributed by atoms with E-state index in [-0.39, 0.29) is 10.3 Å². The second-order valence-electron chi connectivity index (χ2n) is 9.95. The quantitative estimate of drug-likeness (QED) is 0.398. The van der Waals surface area contributed by atoms with Gasteiger partial charge in [0.25, 0.3) is 10.0 Å². The van der Waals surface area contributed by atoms with E-state index in [2.05, 4.69) is 30.8 Å². The summed E-state index contributed by atoms with van der Waals surface area (Å²) >= 11 is 0. The zero-order chi connectivity index (χ0) is 28.3. The highest BCUT2D eigenvalue weighted by atomic mass is 32.2. The number of nitrogens with one attached hydrogen (secondary N) is 2. The molecule has 3 aromatic rings. The summed E-state index contributed by atoms with van der Waals surface area (Å²) in [6.45, 7) is 7.55. The number of rotatable bonds is 9. The van der Waals surface area contributed by atoms with Gasteiger partial charge in [0.1, 0.15) is 12.3 Å². The number of nitrogens with zero attached hydrogens (tertiary/aromatic N) is 1. The largest absolute Gasteiger partial charge is 0.495 e. The number of amides is 1. The minimum atomic E-state index is -3.93. The Kier molecular flexibility index (Phi) is 8.42. The normalized spacial score (nSPS) is 12.1. The molecule has 0 fully saturated rings. The molecule has 0 saturated carbocycles. The zero-order valence-corrected chi connectivity index (χ0v) is 23.9. The lowest BCUT2D eigenvalue weighted by Gasteiger charge is -2.24. The summed E-state index contributed by atoms with van der Waals surface area (Å²) in [5, 5.41) is 2.62. The van der Waals surface area contributed by atoms with E-state index in [0.717, 1.165) is 21.7 Å². The first-order valence-corrected chi connectivity index (χ1v) is 15.1. The number of anilines is 3. The Balaban J connectivity index is 1.73. The fourth-order valence-corrected chi connectivity index (χ4v) is 5.60. The zero-order valence-electron chi connectivity index (χ0n) is 22.3. The van der Waals surface area contributed by atoms with Crippen molar-refractivity contribution in [2.75, 3.05) is 34.3 Å². The van der Waals surface area contributed by atoms with Gasteiger partial charge in [-0.25, -0.2) is 16.8 Å². The van der Waals surface area contributed by atoms with E-state index < -0.39 is 32.5 Å². The first-order valence-electron chi connectivity index (χ1n) is 11.8. The van der Waals surface area contributed by atoms with Gasteiger partial charge in [0.2, 0.25) is 15.9 Å². The molecule has 1 amide bonds. The van der Waals surface area contributed by atoms with Crippen LogP contribution in [0.3, 0.4) is 0 Å². The minimum Gasteiger partial charge on any atom is -0.495 e. The highest BCUT2D eigenvalue weighted by Crippen LogP contribution is 2.29. The molecule has 3 aromatic carbocycles. The van der Waals surface area contributed by atoms with E-state index >= 15 is 0 Å². The van der Waals surface area contributed by atoms with Gasteiger partial charge in [-0.05, 0) is 72.0 Å². The van der Waals surface area contributed by atoms with Gasteiger partial charge in [-0.3, -0.25) is 13.8 Å². The lowest BCUT2D eigenvalue weighted by Crippen LogP contribution is -2.37. The van der Waals surface area contributed by atoms with Crippen LogP contribution in [0.1, 0.15) is 31.9 Å². The highest BCUT2D eigenvalue weighted by Gasteiger charge is 2.23. The van der Waals surface area contributed by atoms with Gasteiger partial charge in [0.05, 0.1) is 29.6 Å². The van der Waals surface area contributed by atoms with E-state index in [1.807, 2.05) is 19.1 Å². The molecule has 0 spiro atoms. The molecule has 0 saturated heterocycles. The summed E-state index contributed by atoms with van der Waals surface area (Å²) in [7, 11) is -6.22. The van der Waals surface area contributed by atoms with Crippen molar-refractivity contribution in [2.45, 2.75) is 38.0 Å². The van der Waals surface area contributed by atoms with Crippen molar-refractivity contribution in [1.29, 1.82) is 0 Å². The molecule has 0 radical (unpaired) electrons. The van der Waals surface area contributed by atoms with Gasteiger partial charge >= 0.3 is 0 Å². The molecule has 0 aliphatic carbocycles. The van der Waals surface area contributed by atoms with E-state index in [1.54, 1.807) is 30.3 Å². The van der Waals surface area contributed by atoms with Crippen LogP contribution in [0.4, 0.5) is 17.1 Å². The van der Waals surface area contributed by atoms with Crippen molar-refractivity contribution in [2.24, 2.45) is 0 Å². The molecule has 0 aliphatic heterocycles. The maximum Gasteiger partial charge on any atom is 0.262 e. The van der Waals surface area contributed by atoms with Crippen LogP contribution < -0.4 is 19.1 Å². The van der Waals surface area contributed by atoms with Crippen molar-refractivity contribution in [3.63, 3.8) is 0 Å². The fraction of sp³-hybridized carbons (Fsp3) is 0.296. The molecule has 0 unspecified atom stereocenters. The van der Waals surface area contributed by atoms with E-state index in [9.17, 15) is 21.6 Å². The molecule has 9 nitrogen and oxygen atoms in total. The molecule has 0 aromatic heterocycles. The first kappa shape index (κ1) is 29.0. The average molecular weight is 560 g/mol. The topological polar surface area (TPSA) is 122 Å². The SMILES string of the molecule is COc1ccc(C)cc1NS(=O)(=O)c1ccc(NC(=O)CN(c2ccc(C(C)(C)C)cc2)S(C)(=O)=O)cc1. The number of hydrogen-bond donors (Lipinski definition) is 2. The number of sulfonamides is 2. The predicted molar refractivity (Wildman–Crippen MR) is 151 cm³/mol. The average Bonchev–Trinajstić information content (AvgIpc) is 2.82. The van der Waals surface area contributed by atoms with E-state index in [0.29, 0.717) is 22.8 Å². The van der Waals surface area contributed by atoms with Crippen LogP contribution >= 0.6 is 0 Å². The molecule has 11 heteroatoms. The number of hydrogen-bond acceptors (Lipinski definition) is 6. The number of aryl methyl sites for hydroxylation is 1. The molecular formula is C27H33N3O6S2. The van der Waals surface area contributed by atoms with Gasteiger partial charge in [0.15, 0.2) is 0 Å². The van der Waals surface area contributed by atoms with Crippen molar-refractivity contribution in [3.05, 3.63) is 77.9 Å². The van der Waals surface area contributed by atoms with Crippen LogP contribution in [0.25, 0.3) is 0 Å². The van der Waals surface area contributed by atoms with Crippen molar-refractivity contribution in [3.8, 4) is 5.75 Å². The third-order valence-corrected chi connectivity index (χ3v) is 8.28. The smallest absolute Gasteiger partial charge is 0.262 e. The highest BCUT2D eigenvalue weighted by molar-refractivity contribution is 7.92. The van der Waals surface area contributed by atoms with Crippen LogP contribution in [0.15, 0.2) is 71.6 Å². The standard InChI is InChI=1S/C27H33N3O6S2/c1-19-7-16-25(36-5)24(17-19)29-38(34,35)23-14-10-21(11-15-23)28-26(31)18-30(37(6,32)33)22-12-8-20(9-13-22)27(2,3)4/h7-17,29H,18H2,1-6H3,(H,28,31). The third-order valence-electron chi connectivity index (χ3n) is 5.76. The summed E-state index contributed by atoms with van der Waals surface area (Å²) in [5.74, 6) is -0.194. The summed E-state index contributed by atoms with van der Waals surface area (Å²) in [6.07, 6.45) is 1.04. The second-order valence-corrected chi connectivity index (χ2v) is 13.5. The van der Waals surface area contributed by atoms with Crippen LogP contribution in [0.2, 0.25) is 0 Å². The van der Waals surface area contributed by atoms with Gasteiger partial charge in [-0.1, -0.05) is 39.0 Å². The Bertz CT molecular complexity index is 1510. The number of carbonyl (C=O) groups is 1. The van der Waals surface area contributed by atoms with Crippen LogP contribution in [0, 0.1) is 6.92 Å². The third kappa shape index (κ3) is 7.26. The minimum absolute atomic E-state index is 0.0178. The summed E-state index contributed by atoms with van der Waals surface area (Å²) in [4.78, 5) is 12.7. The Labute approximate surface area is 224 Å². The maximum absolute atomic E-state index is 12.9. The molecule has 38 heavy (non-hydrogen) atoms. The van der Waals surface area contributed by atoms with E-state index in [1.165, 1.54) is 31.4 Å². The Morgan fingerprint density at radius 1 is 0.921 bits per heavy atom. The predicted octanol–water partition coefficient (Wildman–Crippen LogP) is 4.51. The molecule has 0 bridgehead atoms. The fourth-order valence-electron chi connectivity index (χ4n) is 3.68. The molecule has 0 atom stereocenters. The number of carbonyl (C=O) groups excluding carboxylic acids is 1. The summed E-state index contributed by atoms with van der Waals surface area (Å²) in [5.41, 5.74) is 2.78. The van der Waals surface area contributed by atoms with Crippen molar-refractivity contribution in [1.82, 2.24) is 0 Å². The Hall–Kier alpha value is -3.57. The lowest BCUT2D eigenvalue weighted by atomic mass is 9.87. The number of methoxy groups -OCH3 is 1. The van der Waals surface area contributed by atoms with Gasteiger partial charge < -0.3 is 10.1 Å². The lowest BCUT2D eigenvalue weighted by molar-refractivity contribution is -0.114.